The van der Waals surface area contributed by atoms with E-state index in [1.165, 1.54) is 5.56 Å². The average molecular weight is 357 g/mol. The van der Waals surface area contributed by atoms with E-state index in [2.05, 4.69) is 29.1 Å². The maximum Gasteiger partial charge on any atom is 0.278 e. The van der Waals surface area contributed by atoms with Gasteiger partial charge in [-0.2, -0.15) is 5.10 Å². The number of carbonyl (C=O) groups is 1. The Morgan fingerprint density at radius 3 is 2.68 bits per heavy atom. The second-order valence-corrected chi connectivity index (χ2v) is 7.26. The minimum Gasteiger partial charge on any atom is -0.308 e. The van der Waals surface area contributed by atoms with Crippen LogP contribution in [0, 0.1) is 0 Å². The van der Waals surface area contributed by atoms with Gasteiger partial charge in [0, 0.05) is 26.3 Å². The van der Waals surface area contributed by atoms with E-state index in [0.717, 1.165) is 28.3 Å². The summed E-state index contributed by atoms with van der Waals surface area (Å²) in [6.45, 7) is 3.48. The number of hydrogen-bond acceptors (Lipinski definition) is 5. The van der Waals surface area contributed by atoms with Crippen molar-refractivity contribution in [1.29, 1.82) is 0 Å². The summed E-state index contributed by atoms with van der Waals surface area (Å²) >= 11 is 1.56. The van der Waals surface area contributed by atoms with Crippen LogP contribution in [0.2, 0.25) is 0 Å². The lowest BCUT2D eigenvalue weighted by Crippen LogP contribution is -2.37. The Labute approximate surface area is 151 Å². The van der Waals surface area contributed by atoms with Gasteiger partial charge in [-0.25, -0.2) is 4.98 Å². The maximum atomic E-state index is 13.1. The van der Waals surface area contributed by atoms with Gasteiger partial charge in [0.2, 0.25) is 0 Å². The Morgan fingerprint density at radius 2 is 2.04 bits per heavy atom. The van der Waals surface area contributed by atoms with Crippen molar-refractivity contribution in [1.82, 2.24) is 19.7 Å². The van der Waals surface area contributed by atoms with E-state index >= 15 is 0 Å². The van der Waals surface area contributed by atoms with Crippen molar-refractivity contribution in [2.75, 3.05) is 32.1 Å². The van der Waals surface area contributed by atoms with Crippen LogP contribution in [0.4, 0.5) is 5.13 Å². The Morgan fingerprint density at radius 1 is 1.24 bits per heavy atom. The molecule has 0 N–H and O–H groups in total. The molecule has 2 aromatic heterocycles. The highest BCUT2D eigenvalue weighted by atomic mass is 32.1. The van der Waals surface area contributed by atoms with Crippen LogP contribution >= 0.6 is 11.3 Å². The molecule has 0 aliphatic heterocycles. The Balaban J connectivity index is 1.98. The number of aryl methyl sites for hydroxylation is 2. The molecule has 0 spiro atoms. The predicted octanol–water partition coefficient (Wildman–Crippen LogP) is 2.80. The molecule has 3 rings (SSSR count). The van der Waals surface area contributed by atoms with Crippen LogP contribution in [0.3, 0.4) is 0 Å². The molecule has 6 nitrogen and oxygen atoms in total. The molecular weight excluding hydrogens is 334 g/mol. The number of benzene rings is 1. The monoisotopic (exact) mass is 357 g/mol. The molecule has 1 amide bonds. The zero-order valence-electron chi connectivity index (χ0n) is 15.1. The molecule has 25 heavy (non-hydrogen) atoms. The number of nitrogens with zero attached hydrogens (tertiary/aromatic N) is 5. The van der Waals surface area contributed by atoms with Crippen LogP contribution < -0.4 is 4.90 Å². The molecule has 2 heterocycles. The third-order valence-electron chi connectivity index (χ3n) is 4.14. The van der Waals surface area contributed by atoms with Crippen molar-refractivity contribution >= 4 is 32.6 Å². The lowest BCUT2D eigenvalue weighted by molar-refractivity contribution is 0.0976. The normalized spacial score (nSPS) is 11.4. The number of hydrogen-bond donors (Lipinski definition) is 0. The largest absolute Gasteiger partial charge is 0.308 e. The van der Waals surface area contributed by atoms with E-state index in [0.29, 0.717) is 12.2 Å². The quantitative estimate of drug-likeness (QED) is 0.681. The summed E-state index contributed by atoms with van der Waals surface area (Å²) in [7, 11) is 5.78. The molecule has 1 aromatic carbocycles. The minimum atomic E-state index is -0.0726. The van der Waals surface area contributed by atoms with Gasteiger partial charge >= 0.3 is 0 Å². The molecule has 0 saturated carbocycles. The molecule has 0 saturated heterocycles. The van der Waals surface area contributed by atoms with E-state index in [4.69, 9.17) is 4.98 Å². The summed E-state index contributed by atoms with van der Waals surface area (Å²) in [6, 6.07) is 8.04. The lowest BCUT2D eigenvalue weighted by atomic mass is 10.2. The van der Waals surface area contributed by atoms with E-state index in [1.807, 2.05) is 20.2 Å². The second kappa shape index (κ2) is 7.33. The number of carbonyl (C=O) groups excluding carboxylic acids is 1. The van der Waals surface area contributed by atoms with Gasteiger partial charge in [-0.3, -0.25) is 14.4 Å². The van der Waals surface area contributed by atoms with Gasteiger partial charge in [-0.15, -0.1) is 0 Å². The highest BCUT2D eigenvalue weighted by Gasteiger charge is 2.23. The van der Waals surface area contributed by atoms with Crippen LogP contribution in [-0.2, 0) is 13.5 Å². The lowest BCUT2D eigenvalue weighted by Gasteiger charge is -2.21. The Bertz CT molecular complexity index is 883. The van der Waals surface area contributed by atoms with Gasteiger partial charge in [0.1, 0.15) is 5.69 Å². The van der Waals surface area contributed by atoms with Crippen LogP contribution in [0.15, 0.2) is 30.5 Å². The fraction of sp³-hybridized carbons (Fsp3) is 0.389. The molecule has 0 fully saturated rings. The van der Waals surface area contributed by atoms with Gasteiger partial charge in [0.25, 0.3) is 5.91 Å². The van der Waals surface area contributed by atoms with E-state index in [-0.39, 0.29) is 5.91 Å². The molecule has 132 valence electrons. The molecule has 0 aliphatic rings. The third kappa shape index (κ3) is 3.72. The summed E-state index contributed by atoms with van der Waals surface area (Å²) in [5.41, 5.74) is 2.78. The number of likely N-dealkylation sites (N-methyl/N-ethyl adjacent to an activating group) is 1. The number of thiazole rings is 1. The topological polar surface area (TPSA) is 54.3 Å². The van der Waals surface area contributed by atoms with Gasteiger partial charge in [-0.1, -0.05) is 24.3 Å². The summed E-state index contributed by atoms with van der Waals surface area (Å²) in [5, 5.41) is 4.85. The smallest absolute Gasteiger partial charge is 0.278 e. The highest BCUT2D eigenvalue weighted by Crippen LogP contribution is 2.30. The van der Waals surface area contributed by atoms with Gasteiger partial charge in [0.15, 0.2) is 5.13 Å². The molecule has 7 heteroatoms. The van der Waals surface area contributed by atoms with Crippen LogP contribution in [0.25, 0.3) is 10.2 Å². The van der Waals surface area contributed by atoms with Gasteiger partial charge in [-0.05, 0) is 44.3 Å². The fourth-order valence-corrected chi connectivity index (χ4v) is 3.65. The van der Waals surface area contributed by atoms with Crippen molar-refractivity contribution in [3.05, 3.63) is 41.7 Å². The maximum absolute atomic E-state index is 13.1. The van der Waals surface area contributed by atoms with Crippen molar-refractivity contribution in [3.8, 4) is 0 Å². The number of anilines is 1. The third-order valence-corrected chi connectivity index (χ3v) is 5.18. The molecule has 0 unspecified atom stereocenters. The number of aromatic nitrogens is 3. The molecule has 0 atom stereocenters. The first-order valence-corrected chi connectivity index (χ1v) is 9.15. The molecule has 3 aromatic rings. The predicted molar refractivity (Wildman–Crippen MR) is 102 cm³/mol. The zero-order chi connectivity index (χ0) is 18.0. The summed E-state index contributed by atoms with van der Waals surface area (Å²) < 4.78 is 2.72. The first kappa shape index (κ1) is 17.6. The first-order valence-electron chi connectivity index (χ1n) is 8.33. The molecule has 0 aliphatic carbocycles. The Kier molecular flexibility index (Phi) is 5.15. The summed E-state index contributed by atoms with van der Waals surface area (Å²) in [5.74, 6) is -0.0726. The van der Waals surface area contributed by atoms with Crippen molar-refractivity contribution < 1.29 is 4.79 Å². The fourth-order valence-electron chi connectivity index (χ4n) is 2.60. The standard InChI is InChI=1S/C18H23N5OS/c1-5-13-6-7-14-16(12-13)25-18(20-14)23(11-10-21(2)3)17(24)15-8-9-19-22(15)4/h6-9,12H,5,10-11H2,1-4H3. The van der Waals surface area contributed by atoms with Crippen LogP contribution in [-0.4, -0.2) is 52.8 Å². The summed E-state index contributed by atoms with van der Waals surface area (Å²) in [4.78, 5) is 21.6. The number of rotatable bonds is 6. The molecule has 0 bridgehead atoms. The zero-order valence-corrected chi connectivity index (χ0v) is 15.9. The van der Waals surface area contributed by atoms with Crippen LogP contribution in [0.1, 0.15) is 23.0 Å². The van der Waals surface area contributed by atoms with E-state index in [9.17, 15) is 4.79 Å². The number of amides is 1. The Hall–Kier alpha value is -2.25. The highest BCUT2D eigenvalue weighted by molar-refractivity contribution is 7.22. The second-order valence-electron chi connectivity index (χ2n) is 6.25. The van der Waals surface area contributed by atoms with Crippen molar-refractivity contribution in [2.45, 2.75) is 13.3 Å². The van der Waals surface area contributed by atoms with Crippen molar-refractivity contribution in [3.63, 3.8) is 0 Å². The number of fused-ring (bicyclic) bond motifs is 1. The van der Waals surface area contributed by atoms with Crippen LogP contribution in [0.5, 0.6) is 0 Å². The SMILES string of the molecule is CCc1ccc2nc(N(CCN(C)C)C(=O)c3ccnn3C)sc2c1. The van der Waals surface area contributed by atoms with Crippen molar-refractivity contribution in [2.24, 2.45) is 7.05 Å². The molecule has 0 radical (unpaired) electrons. The average Bonchev–Trinajstić information content (AvgIpc) is 3.19. The first-order chi connectivity index (χ1) is 12.0. The van der Waals surface area contributed by atoms with Gasteiger partial charge < -0.3 is 4.90 Å². The van der Waals surface area contributed by atoms with E-state index in [1.54, 1.807) is 40.2 Å². The summed E-state index contributed by atoms with van der Waals surface area (Å²) in [6.07, 6.45) is 2.63. The van der Waals surface area contributed by atoms with E-state index < -0.39 is 0 Å². The molecular formula is C18H23N5OS. The minimum absolute atomic E-state index is 0.0726. The van der Waals surface area contributed by atoms with Gasteiger partial charge in [0.05, 0.1) is 10.2 Å².